The average molecular weight is 507 g/mol. The van der Waals surface area contributed by atoms with Gasteiger partial charge in [-0.3, -0.25) is 9.71 Å². The highest BCUT2D eigenvalue weighted by molar-refractivity contribution is 9.10. The molecule has 0 atom stereocenters. The van der Waals surface area contributed by atoms with Crippen LogP contribution in [0.5, 0.6) is 0 Å². The molecule has 158 valence electrons. The molecular weight excluding hydrogens is 492 g/mol. The summed E-state index contributed by atoms with van der Waals surface area (Å²) < 4.78 is 30.6. The fraction of sp³-hybridized carbons (Fsp3) is 0. The van der Waals surface area contributed by atoms with Crippen molar-refractivity contribution in [3.05, 3.63) is 89.7 Å². The number of anilines is 1. The zero-order valence-electron chi connectivity index (χ0n) is 16.4. The Morgan fingerprint density at radius 2 is 1.62 bits per heavy atom. The Balaban J connectivity index is 1.50. The van der Waals surface area contributed by atoms with Gasteiger partial charge in [0, 0.05) is 33.7 Å². The summed E-state index contributed by atoms with van der Waals surface area (Å²) in [5.74, 6) is 0.594. The van der Waals surface area contributed by atoms with Crippen molar-refractivity contribution >= 4 is 37.3 Å². The van der Waals surface area contributed by atoms with Crippen LogP contribution in [0.15, 0.2) is 94.6 Å². The lowest BCUT2D eigenvalue weighted by atomic mass is 10.1. The van der Waals surface area contributed by atoms with Gasteiger partial charge in [0.15, 0.2) is 11.5 Å². The molecule has 0 radical (unpaired) electrons. The van der Waals surface area contributed by atoms with Gasteiger partial charge < -0.3 is 0 Å². The number of hydrogen-bond donors (Lipinski definition) is 1. The smallest absolute Gasteiger partial charge is 0.261 e. The van der Waals surface area contributed by atoms with Crippen molar-refractivity contribution in [2.24, 2.45) is 0 Å². The topological polar surface area (TPSA) is 102 Å². The van der Waals surface area contributed by atoms with Crippen LogP contribution in [0.4, 0.5) is 5.69 Å². The third-order valence-corrected chi connectivity index (χ3v) is 6.66. The summed E-state index contributed by atoms with van der Waals surface area (Å²) in [6.07, 6.45) is 3.36. The Bertz CT molecular complexity index is 1520. The molecule has 0 fully saturated rings. The fourth-order valence-electron chi connectivity index (χ4n) is 3.19. The van der Waals surface area contributed by atoms with E-state index in [1.54, 1.807) is 59.4 Å². The van der Waals surface area contributed by atoms with E-state index in [9.17, 15) is 8.42 Å². The predicted octanol–water partition coefficient (Wildman–Crippen LogP) is 4.42. The van der Waals surface area contributed by atoms with Gasteiger partial charge in [-0.1, -0.05) is 28.1 Å². The third-order valence-electron chi connectivity index (χ3n) is 4.74. The summed E-state index contributed by atoms with van der Waals surface area (Å²) >= 11 is 3.31. The number of hydrogen-bond acceptors (Lipinski definition) is 6. The average Bonchev–Trinajstić information content (AvgIpc) is 3.23. The Labute approximate surface area is 192 Å². The molecule has 0 saturated heterocycles. The van der Waals surface area contributed by atoms with Crippen LogP contribution in [0.25, 0.3) is 28.3 Å². The molecule has 0 amide bonds. The molecule has 10 heteroatoms. The van der Waals surface area contributed by atoms with E-state index in [4.69, 9.17) is 0 Å². The Hall–Kier alpha value is -3.63. The molecule has 0 bridgehead atoms. The van der Waals surface area contributed by atoms with Gasteiger partial charge in [0.2, 0.25) is 0 Å². The van der Waals surface area contributed by atoms with Crippen molar-refractivity contribution in [1.29, 1.82) is 0 Å². The number of nitrogens with one attached hydrogen (secondary N) is 1. The predicted molar refractivity (Wildman–Crippen MR) is 124 cm³/mol. The molecule has 0 aliphatic rings. The third kappa shape index (κ3) is 3.97. The second-order valence-electron chi connectivity index (χ2n) is 6.89. The van der Waals surface area contributed by atoms with Crippen LogP contribution >= 0.6 is 15.9 Å². The zero-order chi connectivity index (χ0) is 22.1. The van der Waals surface area contributed by atoms with Crippen LogP contribution in [0.1, 0.15) is 0 Å². The fourth-order valence-corrected chi connectivity index (χ4v) is 4.51. The molecule has 3 aromatic heterocycles. The molecule has 3 heterocycles. The molecule has 5 aromatic rings. The van der Waals surface area contributed by atoms with E-state index in [-0.39, 0.29) is 4.90 Å². The number of rotatable bonds is 5. The minimum Gasteiger partial charge on any atom is -0.280 e. The maximum atomic E-state index is 12.7. The first-order valence-electron chi connectivity index (χ1n) is 9.51. The Kier molecular flexibility index (Phi) is 5.16. The van der Waals surface area contributed by atoms with Gasteiger partial charge in [-0.05, 0) is 60.7 Å². The summed E-state index contributed by atoms with van der Waals surface area (Å²) in [5.41, 5.74) is 3.28. The van der Waals surface area contributed by atoms with Crippen LogP contribution in [0, 0.1) is 0 Å². The van der Waals surface area contributed by atoms with E-state index in [0.717, 1.165) is 15.6 Å². The van der Waals surface area contributed by atoms with Gasteiger partial charge in [0.05, 0.1) is 10.6 Å². The van der Waals surface area contributed by atoms with Crippen molar-refractivity contribution in [2.45, 2.75) is 4.90 Å². The molecule has 0 spiro atoms. The minimum absolute atomic E-state index is 0.178. The van der Waals surface area contributed by atoms with Gasteiger partial charge >= 0.3 is 0 Å². The summed E-state index contributed by atoms with van der Waals surface area (Å²) in [6, 6.07) is 20.8. The standard InChI is InChI=1S/C22H15BrN6O2S/c23-17-4-6-19(7-5-17)32(30,31)28-18-3-1-2-16(14-18)20-8-9-21-25-26-22(29(21)27-20)15-10-12-24-13-11-15/h1-14,28H. The lowest BCUT2D eigenvalue weighted by molar-refractivity contribution is 0.601. The maximum absolute atomic E-state index is 12.7. The van der Waals surface area contributed by atoms with Gasteiger partial charge in [0.25, 0.3) is 10.0 Å². The number of aromatic nitrogens is 5. The van der Waals surface area contributed by atoms with Gasteiger partial charge in [0.1, 0.15) is 0 Å². The monoisotopic (exact) mass is 506 g/mol. The molecule has 0 saturated carbocycles. The lowest BCUT2D eigenvalue weighted by Gasteiger charge is -2.10. The highest BCUT2D eigenvalue weighted by Crippen LogP contribution is 2.25. The highest BCUT2D eigenvalue weighted by Gasteiger charge is 2.15. The first-order chi connectivity index (χ1) is 15.5. The minimum atomic E-state index is -3.72. The van der Waals surface area contributed by atoms with Crippen molar-refractivity contribution in [3.63, 3.8) is 0 Å². The zero-order valence-corrected chi connectivity index (χ0v) is 18.8. The van der Waals surface area contributed by atoms with E-state index in [0.29, 0.717) is 22.9 Å². The van der Waals surface area contributed by atoms with Crippen molar-refractivity contribution in [2.75, 3.05) is 4.72 Å². The summed E-state index contributed by atoms with van der Waals surface area (Å²) in [4.78, 5) is 4.21. The van der Waals surface area contributed by atoms with Crippen LogP contribution in [-0.2, 0) is 10.0 Å². The largest absolute Gasteiger partial charge is 0.280 e. The van der Waals surface area contributed by atoms with Gasteiger partial charge in [-0.2, -0.15) is 9.61 Å². The number of nitrogens with zero attached hydrogens (tertiary/aromatic N) is 5. The van der Waals surface area contributed by atoms with Crippen LogP contribution in [0.2, 0.25) is 0 Å². The molecule has 1 N–H and O–H groups in total. The van der Waals surface area contributed by atoms with Crippen molar-refractivity contribution < 1.29 is 8.42 Å². The Morgan fingerprint density at radius 1 is 0.844 bits per heavy atom. The Morgan fingerprint density at radius 3 is 2.41 bits per heavy atom. The first-order valence-corrected chi connectivity index (χ1v) is 11.8. The van der Waals surface area contributed by atoms with Crippen LogP contribution in [0.3, 0.4) is 0 Å². The number of benzene rings is 2. The summed E-state index contributed by atoms with van der Waals surface area (Å²) in [7, 11) is -3.72. The molecule has 5 rings (SSSR count). The van der Waals surface area contributed by atoms with E-state index in [1.165, 1.54) is 0 Å². The highest BCUT2D eigenvalue weighted by atomic mass is 79.9. The van der Waals surface area contributed by atoms with Crippen LogP contribution in [-0.4, -0.2) is 33.2 Å². The lowest BCUT2D eigenvalue weighted by Crippen LogP contribution is -2.12. The molecule has 0 aliphatic carbocycles. The van der Waals surface area contributed by atoms with Crippen molar-refractivity contribution in [3.8, 4) is 22.6 Å². The van der Waals surface area contributed by atoms with Crippen molar-refractivity contribution in [1.82, 2.24) is 24.8 Å². The molecule has 0 unspecified atom stereocenters. The number of sulfonamides is 1. The summed E-state index contributed by atoms with van der Waals surface area (Å²) in [6.45, 7) is 0. The SMILES string of the molecule is O=S(=O)(Nc1cccc(-c2ccc3nnc(-c4ccncc4)n3n2)c1)c1ccc(Br)cc1. The first kappa shape index (κ1) is 20.3. The van der Waals surface area contributed by atoms with Gasteiger partial charge in [-0.15, -0.1) is 10.2 Å². The number of fused-ring (bicyclic) bond motifs is 1. The molecule has 0 aliphatic heterocycles. The quantitative estimate of drug-likeness (QED) is 0.378. The molecular formula is C22H15BrN6O2S. The number of pyridine rings is 1. The number of halogens is 1. The van der Waals surface area contributed by atoms with E-state index >= 15 is 0 Å². The second-order valence-corrected chi connectivity index (χ2v) is 9.49. The van der Waals surface area contributed by atoms with Gasteiger partial charge in [-0.25, -0.2) is 8.42 Å². The normalized spacial score (nSPS) is 11.5. The second kappa shape index (κ2) is 8.13. The summed E-state index contributed by atoms with van der Waals surface area (Å²) in [5, 5.41) is 13.1. The van der Waals surface area contributed by atoms with Crippen LogP contribution < -0.4 is 4.72 Å². The van der Waals surface area contributed by atoms with E-state index < -0.39 is 10.0 Å². The van der Waals surface area contributed by atoms with E-state index in [2.05, 4.69) is 40.9 Å². The molecule has 32 heavy (non-hydrogen) atoms. The molecule has 8 nitrogen and oxygen atoms in total. The van der Waals surface area contributed by atoms with E-state index in [1.807, 2.05) is 30.3 Å². The molecule has 2 aromatic carbocycles. The maximum Gasteiger partial charge on any atom is 0.261 e.